The summed E-state index contributed by atoms with van der Waals surface area (Å²) in [5, 5.41) is 1.06. The molecule has 0 saturated heterocycles. The molecule has 0 aromatic carbocycles. The summed E-state index contributed by atoms with van der Waals surface area (Å²) in [5.74, 6) is 0.490. The van der Waals surface area contributed by atoms with Crippen molar-refractivity contribution in [3.63, 3.8) is 0 Å². The van der Waals surface area contributed by atoms with Gasteiger partial charge in [0.2, 0.25) is 11.7 Å². The van der Waals surface area contributed by atoms with E-state index in [0.29, 0.717) is 16.3 Å². The van der Waals surface area contributed by atoms with Crippen LogP contribution in [0.3, 0.4) is 0 Å². The summed E-state index contributed by atoms with van der Waals surface area (Å²) in [7, 11) is 1.55. The maximum atomic E-state index is 12.2. The predicted octanol–water partition coefficient (Wildman–Crippen LogP) is 2.86. The standard InChI is InChI=1S/C13H10N2O2S/c1-17-11-3-2-9(7-15-11)12(16)10-6-8-4-5-14-13(8)18-10/h2-7,14H,1H3. The minimum absolute atomic E-state index is 0.0141. The molecule has 0 unspecified atom stereocenters. The van der Waals surface area contributed by atoms with E-state index in [4.69, 9.17) is 4.74 Å². The largest absolute Gasteiger partial charge is 0.481 e. The van der Waals surface area contributed by atoms with Gasteiger partial charge in [0.15, 0.2) is 0 Å². The molecule has 3 aromatic heterocycles. The Morgan fingerprint density at radius 1 is 1.39 bits per heavy atom. The first-order valence-electron chi connectivity index (χ1n) is 5.39. The van der Waals surface area contributed by atoms with Crippen molar-refractivity contribution in [1.29, 1.82) is 0 Å². The molecule has 0 aliphatic heterocycles. The highest BCUT2D eigenvalue weighted by molar-refractivity contribution is 7.20. The lowest BCUT2D eigenvalue weighted by Gasteiger charge is -2.00. The fraction of sp³-hybridized carbons (Fsp3) is 0.0769. The van der Waals surface area contributed by atoms with Crippen molar-refractivity contribution in [3.05, 3.63) is 47.1 Å². The molecule has 0 aliphatic rings. The summed E-state index contributed by atoms with van der Waals surface area (Å²) in [6, 6.07) is 7.26. The van der Waals surface area contributed by atoms with Crippen molar-refractivity contribution in [3.8, 4) is 5.88 Å². The van der Waals surface area contributed by atoms with Crippen LogP contribution in [0.25, 0.3) is 10.2 Å². The molecular formula is C13H10N2O2S. The number of thiophene rings is 1. The van der Waals surface area contributed by atoms with Crippen LogP contribution in [0.4, 0.5) is 0 Å². The van der Waals surface area contributed by atoms with Gasteiger partial charge in [0.1, 0.15) is 4.83 Å². The van der Waals surface area contributed by atoms with E-state index in [0.717, 1.165) is 10.2 Å². The number of aromatic nitrogens is 2. The van der Waals surface area contributed by atoms with Crippen LogP contribution in [-0.4, -0.2) is 22.9 Å². The van der Waals surface area contributed by atoms with E-state index >= 15 is 0 Å². The Bertz CT molecular complexity index is 669. The highest BCUT2D eigenvalue weighted by Gasteiger charge is 2.13. The predicted molar refractivity (Wildman–Crippen MR) is 70.4 cm³/mol. The number of fused-ring (bicyclic) bond motifs is 1. The van der Waals surface area contributed by atoms with Gasteiger partial charge in [-0.1, -0.05) is 0 Å². The van der Waals surface area contributed by atoms with E-state index in [-0.39, 0.29) is 5.78 Å². The number of carbonyl (C=O) groups excluding carboxylic acids is 1. The van der Waals surface area contributed by atoms with Gasteiger partial charge in [0.05, 0.1) is 12.0 Å². The van der Waals surface area contributed by atoms with Crippen molar-refractivity contribution in [1.82, 2.24) is 9.97 Å². The van der Waals surface area contributed by atoms with Gasteiger partial charge < -0.3 is 9.72 Å². The van der Waals surface area contributed by atoms with Gasteiger partial charge in [-0.2, -0.15) is 0 Å². The van der Waals surface area contributed by atoms with Crippen LogP contribution in [0, 0.1) is 0 Å². The highest BCUT2D eigenvalue weighted by atomic mass is 32.1. The second-order valence-electron chi connectivity index (χ2n) is 3.79. The normalized spacial score (nSPS) is 10.7. The summed E-state index contributed by atoms with van der Waals surface area (Å²) in [5.41, 5.74) is 0.569. The minimum Gasteiger partial charge on any atom is -0.481 e. The lowest BCUT2D eigenvalue weighted by molar-refractivity contribution is 0.104. The summed E-state index contributed by atoms with van der Waals surface area (Å²) in [4.78, 5) is 21.1. The van der Waals surface area contributed by atoms with Crippen LogP contribution in [0.5, 0.6) is 5.88 Å². The second-order valence-corrected chi connectivity index (χ2v) is 4.84. The molecule has 3 aromatic rings. The van der Waals surface area contributed by atoms with Gasteiger partial charge >= 0.3 is 0 Å². The van der Waals surface area contributed by atoms with Crippen molar-refractivity contribution >= 4 is 27.3 Å². The fourth-order valence-corrected chi connectivity index (χ4v) is 2.73. The van der Waals surface area contributed by atoms with Crippen LogP contribution in [0.1, 0.15) is 15.2 Å². The molecule has 0 bridgehead atoms. The average molecular weight is 258 g/mol. The lowest BCUT2D eigenvalue weighted by atomic mass is 10.1. The third-order valence-electron chi connectivity index (χ3n) is 2.67. The van der Waals surface area contributed by atoms with Crippen LogP contribution >= 0.6 is 11.3 Å². The number of hydrogen-bond acceptors (Lipinski definition) is 4. The molecule has 18 heavy (non-hydrogen) atoms. The van der Waals surface area contributed by atoms with E-state index in [1.165, 1.54) is 17.5 Å². The molecule has 0 spiro atoms. The van der Waals surface area contributed by atoms with Crippen molar-refractivity contribution in [2.24, 2.45) is 0 Å². The first-order valence-corrected chi connectivity index (χ1v) is 6.21. The van der Waals surface area contributed by atoms with E-state index < -0.39 is 0 Å². The van der Waals surface area contributed by atoms with Crippen molar-refractivity contribution in [2.75, 3.05) is 7.11 Å². The van der Waals surface area contributed by atoms with Crippen LogP contribution in [0.2, 0.25) is 0 Å². The maximum Gasteiger partial charge on any atom is 0.212 e. The summed E-state index contributed by atoms with van der Waals surface area (Å²) in [6.07, 6.45) is 3.40. The molecule has 0 radical (unpaired) electrons. The summed E-state index contributed by atoms with van der Waals surface area (Å²) < 4.78 is 4.97. The van der Waals surface area contributed by atoms with Crippen LogP contribution in [0.15, 0.2) is 36.7 Å². The molecule has 3 rings (SSSR count). The third-order valence-corrected chi connectivity index (χ3v) is 3.75. The molecule has 3 heterocycles. The average Bonchev–Trinajstić information content (AvgIpc) is 2.99. The molecule has 90 valence electrons. The van der Waals surface area contributed by atoms with Gasteiger partial charge in [-0.05, 0) is 18.2 Å². The number of nitrogens with zero attached hydrogens (tertiary/aromatic N) is 1. The Hall–Kier alpha value is -2.14. The molecule has 0 atom stereocenters. The molecule has 0 amide bonds. The molecule has 1 N–H and O–H groups in total. The SMILES string of the molecule is COc1ccc(C(=O)c2cc3cc[nH]c3s2)cn1. The van der Waals surface area contributed by atoms with E-state index in [1.807, 2.05) is 18.3 Å². The molecule has 0 aliphatic carbocycles. The number of aromatic amines is 1. The van der Waals surface area contributed by atoms with Gasteiger partial charge in [0.25, 0.3) is 0 Å². The van der Waals surface area contributed by atoms with Gasteiger partial charge in [0, 0.05) is 29.4 Å². The molecule has 4 nitrogen and oxygen atoms in total. The number of ketones is 1. The van der Waals surface area contributed by atoms with Crippen molar-refractivity contribution < 1.29 is 9.53 Å². The number of hydrogen-bond donors (Lipinski definition) is 1. The van der Waals surface area contributed by atoms with Gasteiger partial charge in [-0.15, -0.1) is 11.3 Å². The Balaban J connectivity index is 1.95. The van der Waals surface area contributed by atoms with E-state index in [2.05, 4.69) is 9.97 Å². The number of nitrogens with one attached hydrogen (secondary N) is 1. The number of methoxy groups -OCH3 is 1. The quantitative estimate of drug-likeness (QED) is 0.735. The van der Waals surface area contributed by atoms with Crippen LogP contribution < -0.4 is 4.74 Å². The smallest absolute Gasteiger partial charge is 0.212 e. The number of carbonyl (C=O) groups is 1. The lowest BCUT2D eigenvalue weighted by Crippen LogP contribution is -1.99. The summed E-state index contributed by atoms with van der Waals surface area (Å²) >= 11 is 1.45. The number of ether oxygens (including phenoxy) is 1. The highest BCUT2D eigenvalue weighted by Crippen LogP contribution is 2.26. The Labute approximate surface area is 107 Å². The van der Waals surface area contributed by atoms with Crippen molar-refractivity contribution in [2.45, 2.75) is 0 Å². The third kappa shape index (κ3) is 1.78. The molecule has 0 fully saturated rings. The number of rotatable bonds is 3. The zero-order chi connectivity index (χ0) is 12.5. The minimum atomic E-state index is -0.0141. The van der Waals surface area contributed by atoms with Gasteiger partial charge in [-0.25, -0.2) is 4.98 Å². The molecule has 0 saturated carbocycles. The Morgan fingerprint density at radius 2 is 2.28 bits per heavy atom. The van der Waals surface area contributed by atoms with Gasteiger partial charge in [-0.3, -0.25) is 4.79 Å². The number of H-pyrrole nitrogens is 1. The van der Waals surface area contributed by atoms with Crippen LogP contribution in [-0.2, 0) is 0 Å². The molecular weight excluding hydrogens is 248 g/mol. The summed E-state index contributed by atoms with van der Waals surface area (Å²) in [6.45, 7) is 0. The zero-order valence-corrected chi connectivity index (χ0v) is 10.5. The maximum absolute atomic E-state index is 12.2. The first-order chi connectivity index (χ1) is 8.78. The second kappa shape index (κ2) is 4.27. The molecule has 5 heteroatoms. The fourth-order valence-electron chi connectivity index (χ4n) is 1.74. The Kier molecular flexibility index (Phi) is 2.60. The number of pyridine rings is 1. The van der Waals surface area contributed by atoms with E-state index in [1.54, 1.807) is 19.2 Å². The Morgan fingerprint density at radius 3 is 2.94 bits per heavy atom. The van der Waals surface area contributed by atoms with E-state index in [9.17, 15) is 4.79 Å². The zero-order valence-electron chi connectivity index (χ0n) is 9.64. The monoisotopic (exact) mass is 258 g/mol. The topological polar surface area (TPSA) is 55.0 Å². The first kappa shape index (κ1) is 11.0.